The molecule has 2 aliphatic rings. The monoisotopic (exact) mass is 321 g/mol. The highest BCUT2D eigenvalue weighted by atomic mass is 32.2. The molecule has 0 saturated heterocycles. The van der Waals surface area contributed by atoms with E-state index in [0.717, 1.165) is 31.4 Å². The van der Waals surface area contributed by atoms with E-state index in [4.69, 9.17) is 0 Å². The molecule has 2 unspecified atom stereocenters. The Bertz CT molecular complexity index is 710. The fourth-order valence-electron chi connectivity index (χ4n) is 3.14. The number of nitrogens with one attached hydrogen (secondary N) is 2. The molecule has 0 aromatic heterocycles. The highest BCUT2D eigenvalue weighted by Crippen LogP contribution is 2.34. The molecule has 1 aliphatic carbocycles. The molecule has 1 saturated carbocycles. The molecule has 1 aromatic carbocycles. The maximum atomic E-state index is 12.3. The maximum Gasteiger partial charge on any atom is 0.281 e. The van der Waals surface area contributed by atoms with Gasteiger partial charge in [-0.2, -0.15) is 5.10 Å². The van der Waals surface area contributed by atoms with Gasteiger partial charge in [-0.1, -0.05) is 24.1 Å². The van der Waals surface area contributed by atoms with Gasteiger partial charge in [-0.05, 0) is 37.8 Å². The van der Waals surface area contributed by atoms with Crippen LogP contribution in [0.3, 0.4) is 0 Å². The van der Waals surface area contributed by atoms with Crippen LogP contribution >= 0.6 is 0 Å². The summed E-state index contributed by atoms with van der Waals surface area (Å²) in [6.07, 6.45) is 2.99. The van der Waals surface area contributed by atoms with Crippen molar-refractivity contribution in [2.45, 2.75) is 31.1 Å². The molecule has 0 spiro atoms. The topological polar surface area (TPSA) is 87.6 Å². The van der Waals surface area contributed by atoms with Crippen LogP contribution in [0.5, 0.6) is 0 Å². The number of carbonyl (C=O) groups excluding carboxylic acids is 1. The van der Waals surface area contributed by atoms with Crippen molar-refractivity contribution in [1.82, 2.24) is 10.1 Å². The summed E-state index contributed by atoms with van der Waals surface area (Å²) in [5.74, 6) is -0.181. The summed E-state index contributed by atoms with van der Waals surface area (Å²) < 4.78 is 26.7. The molecule has 0 bridgehead atoms. The molecule has 2 atom stereocenters. The van der Waals surface area contributed by atoms with E-state index in [-0.39, 0.29) is 10.8 Å². The maximum absolute atomic E-state index is 12.3. The van der Waals surface area contributed by atoms with Crippen molar-refractivity contribution in [2.24, 2.45) is 16.9 Å². The molecule has 7 heteroatoms. The Morgan fingerprint density at radius 2 is 2.00 bits per heavy atom. The molecule has 0 radical (unpaired) electrons. The first kappa shape index (κ1) is 15.0. The quantitative estimate of drug-likeness (QED) is 0.875. The number of sulfonamides is 1. The summed E-state index contributed by atoms with van der Waals surface area (Å²) in [5, 5.41) is 4.05. The molecule has 1 heterocycles. The first-order valence-electron chi connectivity index (χ1n) is 7.41. The van der Waals surface area contributed by atoms with Crippen molar-refractivity contribution in [3.05, 3.63) is 29.8 Å². The van der Waals surface area contributed by atoms with Crippen LogP contribution < -0.4 is 10.1 Å². The Morgan fingerprint density at radius 1 is 1.27 bits per heavy atom. The number of carbonyl (C=O) groups is 1. The Balaban J connectivity index is 1.78. The molecule has 1 amide bonds. The van der Waals surface area contributed by atoms with E-state index in [1.165, 1.54) is 12.1 Å². The number of benzene rings is 1. The van der Waals surface area contributed by atoms with Gasteiger partial charge in [0, 0.05) is 12.5 Å². The van der Waals surface area contributed by atoms with E-state index >= 15 is 0 Å². The second kappa shape index (κ2) is 5.72. The van der Waals surface area contributed by atoms with Crippen LogP contribution in [0.25, 0.3) is 0 Å². The summed E-state index contributed by atoms with van der Waals surface area (Å²) in [4.78, 5) is 12.4. The van der Waals surface area contributed by atoms with Crippen molar-refractivity contribution < 1.29 is 13.2 Å². The lowest BCUT2D eigenvalue weighted by Crippen LogP contribution is -2.44. The van der Waals surface area contributed by atoms with Gasteiger partial charge >= 0.3 is 0 Å². The van der Waals surface area contributed by atoms with Gasteiger partial charge in [-0.3, -0.25) is 4.79 Å². The standard InChI is InChI=1S/C15H19N3O3S/c1-10-5-7-12(8-6-10)22(20,21)18-15(19)14-13-4-2-3-11(13)9-16-17-14/h5-8,11,13,16H,2-4,9H2,1H3,(H,18,19). The van der Waals surface area contributed by atoms with Crippen LogP contribution in [0.15, 0.2) is 34.3 Å². The van der Waals surface area contributed by atoms with Crippen LogP contribution in [-0.4, -0.2) is 26.6 Å². The Hall–Kier alpha value is -1.89. The summed E-state index contributed by atoms with van der Waals surface area (Å²) in [6, 6.07) is 6.38. The molecule has 1 aliphatic heterocycles. The lowest BCUT2D eigenvalue weighted by Gasteiger charge is -2.25. The SMILES string of the molecule is Cc1ccc(S(=O)(=O)NC(=O)C2=NNCC3CCCC23)cc1. The number of nitrogens with zero attached hydrogens (tertiary/aromatic N) is 1. The van der Waals surface area contributed by atoms with Gasteiger partial charge < -0.3 is 5.43 Å². The Morgan fingerprint density at radius 3 is 2.73 bits per heavy atom. The van der Waals surface area contributed by atoms with Crippen molar-refractivity contribution in [1.29, 1.82) is 0 Å². The minimum atomic E-state index is -3.86. The number of aryl methyl sites for hydroxylation is 1. The second-order valence-electron chi connectivity index (χ2n) is 5.90. The predicted molar refractivity (Wildman–Crippen MR) is 82.8 cm³/mol. The van der Waals surface area contributed by atoms with E-state index in [1.54, 1.807) is 12.1 Å². The minimum absolute atomic E-state index is 0.0643. The van der Waals surface area contributed by atoms with Crippen LogP contribution in [0.4, 0.5) is 0 Å². The fraction of sp³-hybridized carbons (Fsp3) is 0.467. The Labute approximate surface area is 130 Å². The first-order chi connectivity index (χ1) is 10.5. The lowest BCUT2D eigenvalue weighted by molar-refractivity contribution is -0.113. The summed E-state index contributed by atoms with van der Waals surface area (Å²) in [7, 11) is -3.86. The average Bonchev–Trinajstić information content (AvgIpc) is 2.95. The predicted octanol–water partition coefficient (Wildman–Crippen LogP) is 1.18. The van der Waals surface area contributed by atoms with Gasteiger partial charge in [0.05, 0.1) is 4.90 Å². The summed E-state index contributed by atoms with van der Waals surface area (Å²) >= 11 is 0. The van der Waals surface area contributed by atoms with Gasteiger partial charge in [0.1, 0.15) is 5.71 Å². The smallest absolute Gasteiger partial charge is 0.281 e. The van der Waals surface area contributed by atoms with Gasteiger partial charge in [-0.15, -0.1) is 0 Å². The molecule has 118 valence electrons. The summed E-state index contributed by atoms with van der Waals surface area (Å²) in [6.45, 7) is 2.63. The highest BCUT2D eigenvalue weighted by molar-refractivity contribution is 7.90. The van der Waals surface area contributed by atoms with Crippen LogP contribution in [0.1, 0.15) is 24.8 Å². The number of fused-ring (bicyclic) bond motifs is 1. The molecule has 1 aromatic rings. The average molecular weight is 321 g/mol. The molecular weight excluding hydrogens is 302 g/mol. The zero-order valence-electron chi connectivity index (χ0n) is 12.4. The molecule has 2 N–H and O–H groups in total. The Kier molecular flexibility index (Phi) is 3.90. The van der Waals surface area contributed by atoms with Crippen LogP contribution in [-0.2, 0) is 14.8 Å². The molecule has 3 rings (SSSR count). The minimum Gasteiger partial charge on any atom is -0.309 e. The van der Waals surface area contributed by atoms with E-state index in [0.29, 0.717) is 11.6 Å². The van der Waals surface area contributed by atoms with E-state index < -0.39 is 15.9 Å². The number of rotatable bonds is 3. The first-order valence-corrected chi connectivity index (χ1v) is 8.90. The third kappa shape index (κ3) is 2.85. The molecule has 22 heavy (non-hydrogen) atoms. The van der Waals surface area contributed by atoms with Gasteiger partial charge in [0.15, 0.2) is 0 Å². The van der Waals surface area contributed by atoms with Crippen molar-refractivity contribution in [3.63, 3.8) is 0 Å². The third-order valence-electron chi connectivity index (χ3n) is 4.35. The van der Waals surface area contributed by atoms with Crippen molar-refractivity contribution in [2.75, 3.05) is 6.54 Å². The van der Waals surface area contributed by atoms with Crippen LogP contribution in [0.2, 0.25) is 0 Å². The number of hydrazone groups is 1. The zero-order valence-corrected chi connectivity index (χ0v) is 13.2. The fourth-order valence-corrected chi connectivity index (χ4v) is 4.10. The molecule has 6 nitrogen and oxygen atoms in total. The lowest BCUT2D eigenvalue weighted by atomic mass is 9.90. The van der Waals surface area contributed by atoms with E-state index in [9.17, 15) is 13.2 Å². The number of hydrogen-bond acceptors (Lipinski definition) is 5. The number of hydrogen-bond donors (Lipinski definition) is 2. The van der Waals surface area contributed by atoms with E-state index in [1.807, 2.05) is 6.92 Å². The van der Waals surface area contributed by atoms with Crippen molar-refractivity contribution in [3.8, 4) is 0 Å². The molecular formula is C15H19N3O3S. The largest absolute Gasteiger partial charge is 0.309 e. The summed E-state index contributed by atoms with van der Waals surface area (Å²) in [5.41, 5.74) is 4.12. The third-order valence-corrected chi connectivity index (χ3v) is 5.70. The van der Waals surface area contributed by atoms with Gasteiger partial charge in [0.25, 0.3) is 15.9 Å². The number of amides is 1. The second-order valence-corrected chi connectivity index (χ2v) is 7.59. The van der Waals surface area contributed by atoms with Gasteiger partial charge in [0.2, 0.25) is 0 Å². The highest BCUT2D eigenvalue weighted by Gasteiger charge is 2.38. The van der Waals surface area contributed by atoms with Crippen LogP contribution in [0, 0.1) is 18.8 Å². The van der Waals surface area contributed by atoms with E-state index in [2.05, 4.69) is 15.2 Å². The zero-order chi connectivity index (χ0) is 15.7. The van der Waals surface area contributed by atoms with Crippen molar-refractivity contribution >= 4 is 21.6 Å². The normalized spacial score (nSPS) is 24.1. The van der Waals surface area contributed by atoms with Gasteiger partial charge in [-0.25, -0.2) is 13.1 Å². The molecule has 1 fully saturated rings.